The lowest BCUT2D eigenvalue weighted by molar-refractivity contribution is 0.269. The first-order chi connectivity index (χ1) is 21.7. The molecule has 5 aromatic rings. The van der Waals surface area contributed by atoms with Crippen molar-refractivity contribution in [2.45, 2.75) is 47.1 Å². The number of hydrogen-bond acceptors (Lipinski definition) is 6. The van der Waals surface area contributed by atoms with Crippen LogP contribution in [0.15, 0.2) is 82.7 Å². The molecule has 232 valence electrons. The van der Waals surface area contributed by atoms with Gasteiger partial charge in [0, 0.05) is 5.56 Å². The zero-order valence-corrected chi connectivity index (χ0v) is 26.7. The molecule has 0 saturated heterocycles. The molecule has 0 bridgehead atoms. The van der Waals surface area contributed by atoms with Gasteiger partial charge in [0.2, 0.25) is 0 Å². The van der Waals surface area contributed by atoms with Crippen molar-refractivity contribution in [2.75, 3.05) is 13.2 Å². The van der Waals surface area contributed by atoms with Crippen LogP contribution in [0.1, 0.15) is 55.9 Å². The van der Waals surface area contributed by atoms with Gasteiger partial charge < -0.3 is 14.2 Å². The van der Waals surface area contributed by atoms with E-state index in [1.54, 1.807) is 42.6 Å². The molecule has 1 aromatic heterocycles. The monoisotopic (exact) mass is 627 g/mol. The molecule has 9 heteroatoms. The molecule has 0 saturated carbocycles. The van der Waals surface area contributed by atoms with Crippen LogP contribution in [0.2, 0.25) is 5.02 Å². The van der Waals surface area contributed by atoms with Crippen LogP contribution in [-0.4, -0.2) is 29.1 Å². The standard InChI is InChI=1S/C36H35ClFN3O4/c1-6-43-32-16-23(5)29(19-28(32)22(3)4)35-40-31-11-9-8-10-27(31)36(42)41(35)39-20-25-17-30(37)34(33(18-25)44-7-2)45-21-24-12-14-26(38)15-13-24/h8-20,22H,6-7,21H2,1-5H3. The number of aryl methyl sites for hydroxylation is 1. The van der Waals surface area contributed by atoms with Gasteiger partial charge in [-0.2, -0.15) is 9.78 Å². The van der Waals surface area contributed by atoms with E-state index < -0.39 is 0 Å². The minimum absolute atomic E-state index is 0.175. The maximum atomic E-state index is 13.9. The maximum absolute atomic E-state index is 13.9. The van der Waals surface area contributed by atoms with Crippen LogP contribution in [0, 0.1) is 12.7 Å². The van der Waals surface area contributed by atoms with Gasteiger partial charge in [0.15, 0.2) is 17.3 Å². The fourth-order valence-electron chi connectivity index (χ4n) is 5.00. The van der Waals surface area contributed by atoms with Gasteiger partial charge in [-0.25, -0.2) is 9.37 Å². The van der Waals surface area contributed by atoms with Crippen LogP contribution in [0.25, 0.3) is 22.3 Å². The first-order valence-electron chi connectivity index (χ1n) is 14.9. The SMILES string of the molecule is CCOc1cc(C)c(-c2nc3ccccc3c(=O)n2N=Cc2cc(Cl)c(OCc3ccc(F)cc3)c(OCC)c2)cc1C(C)C. The minimum Gasteiger partial charge on any atom is -0.494 e. The molecule has 0 amide bonds. The molecule has 0 fully saturated rings. The highest BCUT2D eigenvalue weighted by molar-refractivity contribution is 6.32. The predicted octanol–water partition coefficient (Wildman–Crippen LogP) is 8.55. The van der Waals surface area contributed by atoms with E-state index in [1.807, 2.05) is 45.0 Å². The molecule has 0 atom stereocenters. The molecule has 1 heterocycles. The number of ether oxygens (including phenoxy) is 3. The van der Waals surface area contributed by atoms with E-state index in [9.17, 15) is 9.18 Å². The molecule has 0 unspecified atom stereocenters. The molecule has 4 aromatic carbocycles. The molecule has 5 rings (SSSR count). The molecule has 45 heavy (non-hydrogen) atoms. The lowest BCUT2D eigenvalue weighted by Crippen LogP contribution is -2.21. The Balaban J connectivity index is 1.59. The van der Waals surface area contributed by atoms with E-state index >= 15 is 0 Å². The van der Waals surface area contributed by atoms with E-state index in [0.29, 0.717) is 52.0 Å². The summed E-state index contributed by atoms with van der Waals surface area (Å²) in [4.78, 5) is 18.8. The van der Waals surface area contributed by atoms with E-state index in [1.165, 1.54) is 16.8 Å². The Morgan fingerprint density at radius 2 is 1.67 bits per heavy atom. The van der Waals surface area contributed by atoms with Gasteiger partial charge in [0.25, 0.3) is 5.56 Å². The minimum atomic E-state index is -0.322. The third kappa shape index (κ3) is 7.02. The smallest absolute Gasteiger partial charge is 0.282 e. The van der Waals surface area contributed by atoms with E-state index in [0.717, 1.165) is 28.0 Å². The average Bonchev–Trinajstić information content (AvgIpc) is 3.01. The van der Waals surface area contributed by atoms with Crippen LogP contribution in [-0.2, 0) is 6.61 Å². The molecule has 0 N–H and O–H groups in total. The Kier molecular flexibility index (Phi) is 9.83. The molecule has 0 aliphatic rings. The lowest BCUT2D eigenvalue weighted by atomic mass is 9.96. The molecular weight excluding hydrogens is 593 g/mol. The van der Waals surface area contributed by atoms with Crippen molar-refractivity contribution < 1.29 is 18.6 Å². The van der Waals surface area contributed by atoms with Crippen molar-refractivity contribution >= 4 is 28.7 Å². The van der Waals surface area contributed by atoms with Gasteiger partial charge in [-0.1, -0.05) is 49.7 Å². The fourth-order valence-corrected chi connectivity index (χ4v) is 5.28. The molecule has 0 aliphatic heterocycles. The fraction of sp³-hybridized carbons (Fsp3) is 0.250. The van der Waals surface area contributed by atoms with E-state index in [-0.39, 0.29) is 23.9 Å². The Morgan fingerprint density at radius 1 is 0.956 bits per heavy atom. The Bertz CT molecular complexity index is 1920. The van der Waals surface area contributed by atoms with Crippen molar-refractivity contribution in [1.82, 2.24) is 9.66 Å². The average molecular weight is 628 g/mol. The van der Waals surface area contributed by atoms with Crippen molar-refractivity contribution in [3.05, 3.63) is 116 Å². The summed E-state index contributed by atoms with van der Waals surface area (Å²) in [5.74, 6) is 1.85. The van der Waals surface area contributed by atoms with Crippen LogP contribution < -0.4 is 19.8 Å². The second-order valence-electron chi connectivity index (χ2n) is 10.8. The van der Waals surface area contributed by atoms with Gasteiger partial charge in [0.05, 0.1) is 35.4 Å². The normalized spacial score (nSPS) is 11.5. The van der Waals surface area contributed by atoms with Crippen molar-refractivity contribution in [1.29, 1.82) is 0 Å². The summed E-state index contributed by atoms with van der Waals surface area (Å²) < 4.78 is 32.4. The summed E-state index contributed by atoms with van der Waals surface area (Å²) in [7, 11) is 0. The third-order valence-electron chi connectivity index (χ3n) is 7.22. The van der Waals surface area contributed by atoms with Crippen LogP contribution in [0.3, 0.4) is 0 Å². The Morgan fingerprint density at radius 3 is 2.38 bits per heavy atom. The topological polar surface area (TPSA) is 74.9 Å². The summed E-state index contributed by atoms with van der Waals surface area (Å²) >= 11 is 6.67. The first kappa shape index (κ1) is 31.7. The van der Waals surface area contributed by atoms with E-state index in [2.05, 4.69) is 18.9 Å². The van der Waals surface area contributed by atoms with Crippen molar-refractivity contribution in [2.24, 2.45) is 5.10 Å². The summed E-state index contributed by atoms with van der Waals surface area (Å²) in [6, 6.07) is 20.7. The number of rotatable bonds is 11. The highest BCUT2D eigenvalue weighted by Gasteiger charge is 2.19. The number of para-hydroxylation sites is 1. The van der Waals surface area contributed by atoms with Gasteiger partial charge in [-0.05, 0) is 97.5 Å². The Labute approximate surface area is 266 Å². The molecule has 0 spiro atoms. The van der Waals surface area contributed by atoms with Crippen LogP contribution in [0.5, 0.6) is 17.2 Å². The van der Waals surface area contributed by atoms with E-state index in [4.69, 9.17) is 30.8 Å². The van der Waals surface area contributed by atoms with Gasteiger partial charge >= 0.3 is 0 Å². The predicted molar refractivity (Wildman–Crippen MR) is 178 cm³/mol. The summed E-state index contributed by atoms with van der Waals surface area (Å²) in [6.45, 7) is 11.1. The zero-order chi connectivity index (χ0) is 32.1. The first-order valence-corrected chi connectivity index (χ1v) is 15.2. The Hall–Kier alpha value is -4.69. The number of aromatic nitrogens is 2. The highest BCUT2D eigenvalue weighted by atomic mass is 35.5. The zero-order valence-electron chi connectivity index (χ0n) is 25.9. The largest absolute Gasteiger partial charge is 0.494 e. The highest BCUT2D eigenvalue weighted by Crippen LogP contribution is 2.37. The van der Waals surface area contributed by atoms with Gasteiger partial charge in [-0.15, -0.1) is 0 Å². The maximum Gasteiger partial charge on any atom is 0.282 e. The number of nitrogens with zero attached hydrogens (tertiary/aromatic N) is 3. The molecular formula is C36H35ClFN3O4. The number of benzene rings is 4. The van der Waals surface area contributed by atoms with Crippen LogP contribution >= 0.6 is 11.6 Å². The number of hydrogen-bond donors (Lipinski definition) is 0. The second-order valence-corrected chi connectivity index (χ2v) is 11.2. The quantitative estimate of drug-likeness (QED) is 0.137. The van der Waals surface area contributed by atoms with Crippen LogP contribution in [0.4, 0.5) is 4.39 Å². The second kappa shape index (κ2) is 13.9. The molecule has 0 radical (unpaired) electrons. The number of halogens is 2. The lowest BCUT2D eigenvalue weighted by Gasteiger charge is -2.18. The van der Waals surface area contributed by atoms with Crippen molar-refractivity contribution in [3.63, 3.8) is 0 Å². The van der Waals surface area contributed by atoms with Gasteiger partial charge in [0.1, 0.15) is 18.2 Å². The molecule has 7 nitrogen and oxygen atoms in total. The number of fused-ring (bicyclic) bond motifs is 1. The summed E-state index contributed by atoms with van der Waals surface area (Å²) in [5.41, 5.74) is 4.34. The van der Waals surface area contributed by atoms with Crippen molar-refractivity contribution in [3.8, 4) is 28.6 Å². The third-order valence-corrected chi connectivity index (χ3v) is 7.50. The summed E-state index contributed by atoms with van der Waals surface area (Å²) in [5, 5.41) is 5.40. The van der Waals surface area contributed by atoms with Gasteiger partial charge in [-0.3, -0.25) is 4.79 Å². The summed E-state index contributed by atoms with van der Waals surface area (Å²) in [6.07, 6.45) is 1.55. The molecule has 0 aliphatic carbocycles.